The summed E-state index contributed by atoms with van der Waals surface area (Å²) in [7, 11) is -7.86. The fourth-order valence-corrected chi connectivity index (χ4v) is 28.3. The van der Waals surface area contributed by atoms with Crippen molar-refractivity contribution in [1.29, 1.82) is 0 Å². The number of aromatic nitrogens is 5. The Kier molecular flexibility index (Phi) is 18.3. The van der Waals surface area contributed by atoms with Crippen LogP contribution in [0.1, 0.15) is 0 Å². The van der Waals surface area contributed by atoms with Gasteiger partial charge in [-0.15, -0.1) is 0 Å². The second-order valence-electron chi connectivity index (χ2n) is 30.6. The van der Waals surface area contributed by atoms with Crippen molar-refractivity contribution in [2.45, 2.75) is 0 Å². The van der Waals surface area contributed by atoms with Gasteiger partial charge in [-0.3, -0.25) is 9.13 Å². The van der Waals surface area contributed by atoms with Crippen LogP contribution in [0.25, 0.3) is 145 Å². The fourth-order valence-electron chi connectivity index (χ4n) is 18.4. The third-order valence-electron chi connectivity index (χ3n) is 23.8. The molecule has 3 heterocycles. The SMILES string of the molecule is c1ccc(-c2cccc([Si](c3cccc(-c4ccccc4)c3)(c3cccc(-c4ccccc4)c3)c3cc(-c4nc(-n5c6ccccc6c6ccccc65)nc(-n5c6ccccc6c6cc(-c7ccccc7)ccc65)n4)cc([Si](c4cccc(-c5ccccc5)c4)(c4cccc(-c5ccccc5)c4)c4cccc(-c5ccccc5)c4)c3)c2)cc1. The minimum Gasteiger partial charge on any atom is -0.278 e. The lowest BCUT2D eigenvalue weighted by Crippen LogP contribution is -2.78. The van der Waals surface area contributed by atoms with Crippen molar-refractivity contribution >= 4 is 101 Å². The summed E-state index contributed by atoms with van der Waals surface area (Å²) in [6.07, 6.45) is 0. The van der Waals surface area contributed by atoms with Crippen LogP contribution < -0.4 is 41.5 Å². The number of benzene rings is 18. The summed E-state index contributed by atoms with van der Waals surface area (Å²) in [5.74, 6) is 1.50. The molecular weight excluding hydrogens is 1460 g/mol. The summed E-state index contributed by atoms with van der Waals surface area (Å²) >= 11 is 0. The van der Waals surface area contributed by atoms with E-state index >= 15 is 0 Å². The Hall–Kier alpha value is -15.0. The lowest BCUT2D eigenvalue weighted by Gasteiger charge is -2.39. The summed E-state index contributed by atoms with van der Waals surface area (Å²) in [4.78, 5) is 18.2. The van der Waals surface area contributed by atoms with Gasteiger partial charge >= 0.3 is 0 Å². The predicted molar refractivity (Wildman–Crippen MR) is 499 cm³/mol. The van der Waals surface area contributed by atoms with E-state index in [2.05, 4.69) is 476 Å². The van der Waals surface area contributed by atoms with Crippen molar-refractivity contribution in [3.63, 3.8) is 0 Å². The van der Waals surface area contributed by atoms with Crippen LogP contribution in [0.15, 0.2) is 467 Å². The van der Waals surface area contributed by atoms with Crippen LogP contribution in [0.5, 0.6) is 0 Å². The molecule has 0 aliphatic carbocycles. The first-order chi connectivity index (χ1) is 58.5. The molecule has 0 saturated carbocycles. The molecule has 0 aliphatic rings. The first kappa shape index (κ1) is 70.8. The summed E-state index contributed by atoms with van der Waals surface area (Å²) < 4.78 is 4.55. The third kappa shape index (κ3) is 12.6. The van der Waals surface area contributed by atoms with Gasteiger partial charge in [-0.1, -0.05) is 437 Å². The Balaban J connectivity index is 0.973. The van der Waals surface area contributed by atoms with E-state index in [1.807, 2.05) is 0 Å². The standard InChI is InChI=1S/C111H77N5Si2/c1-8-34-78(35-9-1)85-48-28-54-93(68-85)117(94-55-29-49-86(69-94)79-36-10-2-11-37-79,95-56-30-50-87(70-95)80-38-12-3-13-39-80)99-74-92(109-112-110(115-105-63-25-22-60-101(105)102-61-23-26-64-106(102)115)114-111(113-109)116-107-65-27-24-62-103(107)104-76-91(66-67-108(104)116)84-46-20-7-21-47-84)75-100(77-99)118(96-57-31-51-88(71-96)81-40-14-4-15-41-81,97-58-32-52-89(72-97)82-42-16-5-17-43-82)98-59-33-53-90(73-98)83-44-18-6-19-45-83/h1-77H. The Bertz CT molecular complexity index is 6570. The first-order valence-electron chi connectivity index (χ1n) is 40.4. The molecule has 0 aliphatic heterocycles. The summed E-state index contributed by atoms with van der Waals surface area (Å²) in [6, 6.07) is 174. The number of hydrogen-bond acceptors (Lipinski definition) is 3. The van der Waals surface area contributed by atoms with Gasteiger partial charge < -0.3 is 0 Å². The summed E-state index contributed by atoms with van der Waals surface area (Å²) in [5.41, 5.74) is 20.6. The van der Waals surface area contributed by atoms with Crippen molar-refractivity contribution in [1.82, 2.24) is 24.1 Å². The van der Waals surface area contributed by atoms with Crippen LogP contribution in [-0.2, 0) is 0 Å². The molecule has 0 unspecified atom stereocenters. The molecule has 21 rings (SSSR count). The molecule has 21 aromatic rings. The van der Waals surface area contributed by atoms with Crippen LogP contribution in [0.4, 0.5) is 0 Å². The van der Waals surface area contributed by atoms with Crippen molar-refractivity contribution in [2.24, 2.45) is 0 Å². The van der Waals surface area contributed by atoms with Crippen LogP contribution in [0.2, 0.25) is 0 Å². The largest absolute Gasteiger partial charge is 0.278 e. The molecule has 5 nitrogen and oxygen atoms in total. The average Bonchev–Trinajstić information content (AvgIpc) is 0.906. The van der Waals surface area contributed by atoms with Gasteiger partial charge in [0, 0.05) is 27.1 Å². The lowest BCUT2D eigenvalue weighted by atomic mass is 10.0. The van der Waals surface area contributed by atoms with Gasteiger partial charge in [-0.25, -0.2) is 0 Å². The van der Waals surface area contributed by atoms with Crippen LogP contribution in [0, 0.1) is 0 Å². The van der Waals surface area contributed by atoms with Gasteiger partial charge in [-0.05, 0) is 150 Å². The number of nitrogens with zero attached hydrogens (tertiary/aromatic N) is 5. The molecule has 18 aromatic carbocycles. The average molecular weight is 1540 g/mol. The van der Waals surface area contributed by atoms with Crippen molar-refractivity contribution in [2.75, 3.05) is 0 Å². The number of fused-ring (bicyclic) bond motifs is 6. The molecule has 554 valence electrons. The van der Waals surface area contributed by atoms with E-state index in [9.17, 15) is 0 Å². The van der Waals surface area contributed by atoms with Gasteiger partial charge in [0.25, 0.3) is 0 Å². The van der Waals surface area contributed by atoms with Gasteiger partial charge in [0.1, 0.15) is 0 Å². The summed E-state index contributed by atoms with van der Waals surface area (Å²) in [6.45, 7) is 0. The number of hydrogen-bond donors (Lipinski definition) is 0. The minimum absolute atomic E-state index is 0.489. The van der Waals surface area contributed by atoms with E-state index in [4.69, 9.17) is 15.0 Å². The monoisotopic (exact) mass is 1540 g/mol. The molecule has 0 bridgehead atoms. The van der Waals surface area contributed by atoms with E-state index < -0.39 is 16.1 Å². The van der Waals surface area contributed by atoms with E-state index in [0.717, 1.165) is 137 Å². The molecule has 0 spiro atoms. The Morgan fingerprint density at radius 1 is 0.144 bits per heavy atom. The normalized spacial score (nSPS) is 11.7. The topological polar surface area (TPSA) is 48.5 Å². The first-order valence-corrected chi connectivity index (χ1v) is 44.4. The lowest BCUT2D eigenvalue weighted by molar-refractivity contribution is 0.893. The molecule has 118 heavy (non-hydrogen) atoms. The van der Waals surface area contributed by atoms with E-state index in [1.165, 1.54) is 31.1 Å². The molecule has 0 N–H and O–H groups in total. The maximum Gasteiger partial charge on any atom is 0.240 e. The zero-order valence-corrected chi connectivity index (χ0v) is 66.7. The highest BCUT2D eigenvalue weighted by Gasteiger charge is 2.47. The molecular formula is C111H77N5Si2. The molecule has 0 fully saturated rings. The van der Waals surface area contributed by atoms with Crippen molar-refractivity contribution in [3.05, 3.63) is 467 Å². The highest BCUT2D eigenvalue weighted by molar-refractivity contribution is 7.22. The Morgan fingerprint density at radius 3 is 0.644 bits per heavy atom. The molecule has 0 radical (unpaired) electrons. The van der Waals surface area contributed by atoms with Crippen LogP contribution in [-0.4, -0.2) is 40.2 Å². The van der Waals surface area contributed by atoms with E-state index in [0.29, 0.717) is 17.7 Å². The van der Waals surface area contributed by atoms with Gasteiger partial charge in [-0.2, -0.15) is 15.0 Å². The molecule has 3 aromatic heterocycles. The minimum atomic E-state index is -3.93. The molecule has 0 amide bonds. The van der Waals surface area contributed by atoms with E-state index in [1.54, 1.807) is 0 Å². The number of para-hydroxylation sites is 3. The van der Waals surface area contributed by atoms with Crippen molar-refractivity contribution < 1.29 is 0 Å². The third-order valence-corrected chi connectivity index (χ3v) is 33.2. The highest BCUT2D eigenvalue weighted by Crippen LogP contribution is 2.38. The van der Waals surface area contributed by atoms with Crippen LogP contribution >= 0.6 is 0 Å². The maximum atomic E-state index is 6.16. The molecule has 0 saturated heterocycles. The molecule has 7 heteroatoms. The zero-order valence-electron chi connectivity index (χ0n) is 64.7. The second-order valence-corrected chi connectivity index (χ2v) is 38.2. The zero-order chi connectivity index (χ0) is 78.4. The Morgan fingerprint density at radius 2 is 0.364 bits per heavy atom. The van der Waals surface area contributed by atoms with Crippen molar-refractivity contribution in [3.8, 4) is 101 Å². The van der Waals surface area contributed by atoms with Crippen LogP contribution in [0.3, 0.4) is 0 Å². The van der Waals surface area contributed by atoms with Gasteiger partial charge in [0.05, 0.1) is 22.1 Å². The molecule has 0 atom stereocenters. The smallest absolute Gasteiger partial charge is 0.240 e. The highest BCUT2D eigenvalue weighted by atomic mass is 28.3. The maximum absolute atomic E-state index is 6.16. The Labute approximate surface area is 688 Å². The fraction of sp³-hybridized carbons (Fsp3) is 0. The predicted octanol–water partition coefficient (Wildman–Crippen LogP) is 22.2. The van der Waals surface area contributed by atoms with Gasteiger partial charge in [0.2, 0.25) is 11.9 Å². The van der Waals surface area contributed by atoms with E-state index in [-0.39, 0.29) is 0 Å². The quantitative estimate of drug-likeness (QED) is 0.0635. The van der Waals surface area contributed by atoms with Gasteiger partial charge in [0.15, 0.2) is 22.0 Å². The number of rotatable bonds is 18. The summed E-state index contributed by atoms with van der Waals surface area (Å²) in [5, 5.41) is 14.0. The second kappa shape index (κ2) is 30.4.